The van der Waals surface area contributed by atoms with E-state index in [0.29, 0.717) is 5.71 Å². The minimum atomic E-state index is -0.202. The number of rotatable bonds is 3. The molecule has 1 aromatic carbocycles. The summed E-state index contributed by atoms with van der Waals surface area (Å²) in [6.07, 6.45) is 1.44. The van der Waals surface area contributed by atoms with E-state index in [9.17, 15) is 0 Å². The van der Waals surface area contributed by atoms with Crippen molar-refractivity contribution < 1.29 is 5.11 Å². The van der Waals surface area contributed by atoms with Crippen LogP contribution in [0.5, 0.6) is 0 Å². The molecule has 4 nitrogen and oxygen atoms in total. The van der Waals surface area contributed by atoms with Crippen LogP contribution in [0.1, 0.15) is 0 Å². The largest absolute Gasteiger partial charge is 0.390 e. The third kappa shape index (κ3) is 3.04. The maximum Gasteiger partial charge on any atom is 0.104 e. The molecule has 0 heterocycles. The summed E-state index contributed by atoms with van der Waals surface area (Å²) in [6, 6.07) is 9.36. The maximum absolute atomic E-state index is 8.70. The summed E-state index contributed by atoms with van der Waals surface area (Å²) in [5.74, 6) is 4.98. The molecule has 0 fully saturated rings. The molecule has 0 saturated carbocycles. The van der Waals surface area contributed by atoms with E-state index >= 15 is 0 Å². The van der Waals surface area contributed by atoms with Crippen LogP contribution in [0.3, 0.4) is 0 Å². The van der Waals surface area contributed by atoms with Crippen molar-refractivity contribution in [3.05, 3.63) is 30.3 Å². The van der Waals surface area contributed by atoms with Gasteiger partial charge in [-0.3, -0.25) is 4.99 Å². The molecule has 0 unspecified atom stereocenters. The van der Waals surface area contributed by atoms with Crippen LogP contribution < -0.4 is 5.84 Å². The molecule has 4 heteroatoms. The third-order valence-electron chi connectivity index (χ3n) is 1.45. The van der Waals surface area contributed by atoms with Gasteiger partial charge in [-0.15, -0.1) is 0 Å². The molecule has 0 spiro atoms. The first-order valence-electron chi connectivity index (χ1n) is 3.83. The van der Waals surface area contributed by atoms with Gasteiger partial charge >= 0.3 is 0 Å². The van der Waals surface area contributed by atoms with Crippen LogP contribution in [0, 0.1) is 0 Å². The quantitative estimate of drug-likeness (QED) is 0.405. The summed E-state index contributed by atoms with van der Waals surface area (Å²) < 4.78 is 0. The lowest BCUT2D eigenvalue weighted by atomic mass is 10.3. The van der Waals surface area contributed by atoms with Crippen LogP contribution in [0.4, 0.5) is 5.69 Å². The highest BCUT2D eigenvalue weighted by Gasteiger charge is 1.90. The molecule has 68 valence electrons. The number of aliphatic imine (C=N–C) groups is 1. The Hall–Kier alpha value is -1.68. The SMILES string of the molecule is NN=C(C=Nc1ccccc1)CO. The van der Waals surface area contributed by atoms with Crippen molar-refractivity contribution in [1.29, 1.82) is 0 Å². The molecule has 13 heavy (non-hydrogen) atoms. The molecule has 0 bridgehead atoms. The molecule has 1 rings (SSSR count). The zero-order chi connectivity index (χ0) is 9.52. The molecule has 3 N–H and O–H groups in total. The molecular weight excluding hydrogens is 166 g/mol. The fourth-order valence-corrected chi connectivity index (χ4v) is 0.778. The monoisotopic (exact) mass is 177 g/mol. The molecule has 0 aliphatic carbocycles. The Labute approximate surface area is 76.4 Å². The average Bonchev–Trinajstić information content (AvgIpc) is 2.21. The summed E-state index contributed by atoms with van der Waals surface area (Å²) in [6.45, 7) is -0.202. The molecule has 0 aromatic heterocycles. The number of hydrogen-bond acceptors (Lipinski definition) is 4. The first kappa shape index (κ1) is 9.41. The maximum atomic E-state index is 8.70. The number of aliphatic hydroxyl groups is 1. The predicted molar refractivity (Wildman–Crippen MR) is 53.3 cm³/mol. The third-order valence-corrected chi connectivity index (χ3v) is 1.45. The van der Waals surface area contributed by atoms with Crippen molar-refractivity contribution >= 4 is 17.6 Å². The predicted octanol–water partition coefficient (Wildman–Crippen LogP) is 0.696. The second-order valence-corrected chi connectivity index (χ2v) is 2.37. The molecular formula is C9H11N3O. The van der Waals surface area contributed by atoms with E-state index in [1.807, 2.05) is 30.3 Å². The van der Waals surface area contributed by atoms with Gasteiger partial charge in [-0.25, -0.2) is 0 Å². The second kappa shape index (κ2) is 5.05. The smallest absolute Gasteiger partial charge is 0.104 e. The Bertz CT molecular complexity index is 306. The van der Waals surface area contributed by atoms with Crippen LogP contribution in [0.25, 0.3) is 0 Å². The van der Waals surface area contributed by atoms with E-state index in [1.165, 1.54) is 6.21 Å². The van der Waals surface area contributed by atoms with Crippen LogP contribution in [0.15, 0.2) is 40.4 Å². The Morgan fingerprint density at radius 1 is 1.38 bits per heavy atom. The molecule has 0 radical (unpaired) electrons. The zero-order valence-corrected chi connectivity index (χ0v) is 7.09. The first-order chi connectivity index (χ1) is 6.36. The second-order valence-electron chi connectivity index (χ2n) is 2.37. The fraction of sp³-hybridized carbons (Fsp3) is 0.111. The summed E-state index contributed by atoms with van der Waals surface area (Å²) in [7, 11) is 0. The number of hydrogen-bond donors (Lipinski definition) is 2. The molecule has 0 aliphatic heterocycles. The number of nitrogens with zero attached hydrogens (tertiary/aromatic N) is 2. The summed E-state index contributed by atoms with van der Waals surface area (Å²) in [5, 5.41) is 12.0. The highest BCUT2D eigenvalue weighted by molar-refractivity contribution is 6.31. The number of nitrogens with two attached hydrogens (primary N) is 1. The van der Waals surface area contributed by atoms with E-state index in [4.69, 9.17) is 10.9 Å². The van der Waals surface area contributed by atoms with Gasteiger partial charge in [-0.1, -0.05) is 18.2 Å². The summed E-state index contributed by atoms with van der Waals surface area (Å²) >= 11 is 0. The normalized spacial score (nSPS) is 12.2. The highest BCUT2D eigenvalue weighted by atomic mass is 16.3. The Kier molecular flexibility index (Phi) is 3.66. The van der Waals surface area contributed by atoms with Gasteiger partial charge < -0.3 is 10.9 Å². The number of para-hydroxylation sites is 1. The Morgan fingerprint density at radius 2 is 2.08 bits per heavy atom. The molecule has 0 amide bonds. The summed E-state index contributed by atoms with van der Waals surface area (Å²) in [5.41, 5.74) is 1.15. The van der Waals surface area contributed by atoms with Gasteiger partial charge in [0.2, 0.25) is 0 Å². The lowest BCUT2D eigenvalue weighted by Crippen LogP contribution is -2.08. The van der Waals surface area contributed by atoms with Gasteiger partial charge in [0.15, 0.2) is 0 Å². The highest BCUT2D eigenvalue weighted by Crippen LogP contribution is 2.08. The Balaban J connectivity index is 2.69. The van der Waals surface area contributed by atoms with Crippen LogP contribution in [0.2, 0.25) is 0 Å². The molecule has 0 aliphatic rings. The number of hydrazone groups is 1. The van der Waals surface area contributed by atoms with E-state index in [2.05, 4.69) is 10.1 Å². The van der Waals surface area contributed by atoms with Gasteiger partial charge in [-0.05, 0) is 12.1 Å². The van der Waals surface area contributed by atoms with Crippen molar-refractivity contribution in [2.24, 2.45) is 15.9 Å². The van der Waals surface area contributed by atoms with E-state index in [0.717, 1.165) is 5.69 Å². The Morgan fingerprint density at radius 3 is 2.62 bits per heavy atom. The van der Waals surface area contributed by atoms with Crippen molar-refractivity contribution in [1.82, 2.24) is 0 Å². The zero-order valence-electron chi connectivity index (χ0n) is 7.09. The van der Waals surface area contributed by atoms with Crippen LogP contribution in [-0.4, -0.2) is 23.6 Å². The van der Waals surface area contributed by atoms with Crippen LogP contribution >= 0.6 is 0 Å². The molecule has 1 aromatic rings. The van der Waals surface area contributed by atoms with Crippen molar-refractivity contribution in [2.75, 3.05) is 6.61 Å². The van der Waals surface area contributed by atoms with Gasteiger partial charge in [0.25, 0.3) is 0 Å². The molecule has 0 atom stereocenters. The molecule has 0 saturated heterocycles. The lowest BCUT2D eigenvalue weighted by molar-refractivity contribution is 0.359. The van der Waals surface area contributed by atoms with E-state index in [-0.39, 0.29) is 6.61 Å². The van der Waals surface area contributed by atoms with Gasteiger partial charge in [-0.2, -0.15) is 5.10 Å². The van der Waals surface area contributed by atoms with Crippen molar-refractivity contribution in [2.45, 2.75) is 0 Å². The minimum absolute atomic E-state index is 0.202. The van der Waals surface area contributed by atoms with Crippen molar-refractivity contribution in [3.8, 4) is 0 Å². The average molecular weight is 177 g/mol. The first-order valence-corrected chi connectivity index (χ1v) is 3.83. The number of aliphatic hydroxyl groups excluding tert-OH is 1. The lowest BCUT2D eigenvalue weighted by Gasteiger charge is -1.92. The standard InChI is InChI=1S/C9H11N3O/c10-12-9(7-13)6-11-8-4-2-1-3-5-8/h1-6,13H,7,10H2. The van der Waals surface area contributed by atoms with Gasteiger partial charge in [0, 0.05) is 0 Å². The summed E-state index contributed by atoms with van der Waals surface area (Å²) in [4.78, 5) is 4.05. The number of benzene rings is 1. The minimum Gasteiger partial charge on any atom is -0.390 e. The van der Waals surface area contributed by atoms with Gasteiger partial charge in [0.1, 0.15) is 5.71 Å². The fourth-order valence-electron chi connectivity index (χ4n) is 0.778. The van der Waals surface area contributed by atoms with Gasteiger partial charge in [0.05, 0.1) is 18.5 Å². The van der Waals surface area contributed by atoms with Crippen molar-refractivity contribution in [3.63, 3.8) is 0 Å². The van der Waals surface area contributed by atoms with E-state index < -0.39 is 0 Å². The van der Waals surface area contributed by atoms with Crippen LogP contribution in [-0.2, 0) is 0 Å². The topological polar surface area (TPSA) is 71.0 Å². The van der Waals surface area contributed by atoms with E-state index in [1.54, 1.807) is 0 Å².